The van der Waals surface area contributed by atoms with Crippen molar-refractivity contribution in [2.75, 3.05) is 0 Å². The second-order valence-corrected chi connectivity index (χ2v) is 9.07. The normalized spacial score (nSPS) is 19.1. The van der Waals surface area contributed by atoms with Crippen molar-refractivity contribution in [3.8, 4) is 0 Å². The van der Waals surface area contributed by atoms with E-state index in [4.69, 9.17) is 4.99 Å². The molecule has 27 heavy (non-hydrogen) atoms. The van der Waals surface area contributed by atoms with Gasteiger partial charge in [-0.05, 0) is 48.7 Å². The highest BCUT2D eigenvalue weighted by Crippen LogP contribution is 2.39. The lowest BCUT2D eigenvalue weighted by Gasteiger charge is -2.33. The standard InChI is InChI=1S/C21H19F2N3S/c1-21(2)11-16(9-13-5-7-24-8-6-13)26-20(27-21)15-10-14-3-4-17(22)18(23)19(14)25-12-15/h3-8,10,12,16H,9,11H2,1-2H3. The van der Waals surface area contributed by atoms with Crippen molar-refractivity contribution < 1.29 is 8.78 Å². The van der Waals surface area contributed by atoms with E-state index < -0.39 is 11.6 Å². The molecule has 0 fully saturated rings. The largest absolute Gasteiger partial charge is 0.274 e. The summed E-state index contributed by atoms with van der Waals surface area (Å²) in [5.41, 5.74) is 2.09. The predicted molar refractivity (Wildman–Crippen MR) is 106 cm³/mol. The number of halogens is 2. The molecule has 1 unspecified atom stereocenters. The molecule has 3 nitrogen and oxygen atoms in total. The number of aromatic nitrogens is 2. The van der Waals surface area contributed by atoms with E-state index in [1.807, 2.05) is 18.2 Å². The van der Waals surface area contributed by atoms with Crippen LogP contribution < -0.4 is 0 Å². The summed E-state index contributed by atoms with van der Waals surface area (Å²) in [5.74, 6) is -1.79. The van der Waals surface area contributed by atoms with E-state index in [1.54, 1.807) is 36.4 Å². The molecule has 1 atom stereocenters. The van der Waals surface area contributed by atoms with Crippen LogP contribution in [0.25, 0.3) is 10.9 Å². The van der Waals surface area contributed by atoms with Crippen molar-refractivity contribution in [1.82, 2.24) is 9.97 Å². The number of fused-ring (bicyclic) bond motifs is 1. The Bertz CT molecular complexity index is 1020. The highest BCUT2D eigenvalue weighted by molar-refractivity contribution is 8.15. The van der Waals surface area contributed by atoms with Gasteiger partial charge in [0.25, 0.3) is 0 Å². The highest BCUT2D eigenvalue weighted by Gasteiger charge is 2.31. The summed E-state index contributed by atoms with van der Waals surface area (Å²) in [4.78, 5) is 13.2. The Morgan fingerprint density at radius 2 is 1.93 bits per heavy atom. The van der Waals surface area contributed by atoms with E-state index in [1.165, 1.54) is 5.56 Å². The number of nitrogens with zero attached hydrogens (tertiary/aromatic N) is 3. The third kappa shape index (κ3) is 3.86. The third-order valence-electron chi connectivity index (χ3n) is 4.61. The Labute approximate surface area is 161 Å². The Balaban J connectivity index is 1.70. The van der Waals surface area contributed by atoms with Crippen molar-refractivity contribution in [2.45, 2.75) is 37.5 Å². The van der Waals surface area contributed by atoms with E-state index >= 15 is 0 Å². The molecule has 0 radical (unpaired) electrons. The summed E-state index contributed by atoms with van der Waals surface area (Å²) < 4.78 is 27.4. The zero-order valence-corrected chi connectivity index (χ0v) is 15.9. The van der Waals surface area contributed by atoms with Gasteiger partial charge in [0.1, 0.15) is 10.6 Å². The van der Waals surface area contributed by atoms with Gasteiger partial charge in [-0.25, -0.2) is 8.78 Å². The van der Waals surface area contributed by atoms with Crippen LogP contribution in [0.3, 0.4) is 0 Å². The molecule has 2 aromatic heterocycles. The second-order valence-electron chi connectivity index (χ2n) is 7.37. The first kappa shape index (κ1) is 18.0. The first-order valence-electron chi connectivity index (χ1n) is 8.81. The molecule has 1 aromatic carbocycles. The number of hydrogen-bond donors (Lipinski definition) is 0. The van der Waals surface area contributed by atoms with Gasteiger partial charge in [-0.2, -0.15) is 0 Å². The molecule has 0 amide bonds. The van der Waals surface area contributed by atoms with Gasteiger partial charge >= 0.3 is 0 Å². The first-order valence-corrected chi connectivity index (χ1v) is 9.63. The Morgan fingerprint density at radius 3 is 2.70 bits per heavy atom. The lowest BCUT2D eigenvalue weighted by molar-refractivity contribution is 0.515. The molecule has 3 aromatic rings. The molecule has 0 saturated heterocycles. The van der Waals surface area contributed by atoms with Crippen LogP contribution in [0.2, 0.25) is 0 Å². The number of benzene rings is 1. The van der Waals surface area contributed by atoms with Crippen molar-refractivity contribution in [2.24, 2.45) is 4.99 Å². The van der Waals surface area contributed by atoms with Crippen LogP contribution in [0, 0.1) is 11.6 Å². The molecule has 0 bridgehead atoms. The molecular formula is C21H19F2N3S. The SMILES string of the molecule is CC1(C)CC(Cc2ccncc2)N=C(c2cnc3c(F)c(F)ccc3c2)S1. The van der Waals surface area contributed by atoms with Crippen LogP contribution in [0.4, 0.5) is 8.78 Å². The summed E-state index contributed by atoms with van der Waals surface area (Å²) in [6, 6.07) is 8.70. The van der Waals surface area contributed by atoms with Crippen molar-refractivity contribution in [3.63, 3.8) is 0 Å². The fraction of sp³-hybridized carbons (Fsp3) is 0.286. The Hall–Kier alpha value is -2.34. The molecule has 1 aliphatic heterocycles. The smallest absolute Gasteiger partial charge is 0.184 e. The topological polar surface area (TPSA) is 38.1 Å². The fourth-order valence-corrected chi connectivity index (χ4v) is 4.64. The van der Waals surface area contributed by atoms with Gasteiger partial charge < -0.3 is 0 Å². The molecular weight excluding hydrogens is 364 g/mol. The summed E-state index contributed by atoms with van der Waals surface area (Å²) in [5, 5.41) is 1.47. The van der Waals surface area contributed by atoms with Crippen LogP contribution >= 0.6 is 11.8 Å². The average Bonchev–Trinajstić information content (AvgIpc) is 2.64. The highest BCUT2D eigenvalue weighted by atomic mass is 32.2. The van der Waals surface area contributed by atoms with Crippen molar-refractivity contribution in [3.05, 3.63) is 71.7 Å². The van der Waals surface area contributed by atoms with Gasteiger partial charge in [0.2, 0.25) is 0 Å². The van der Waals surface area contributed by atoms with Gasteiger partial charge in [0.05, 0.1) is 6.04 Å². The number of pyridine rings is 2. The molecule has 1 aliphatic rings. The van der Waals surface area contributed by atoms with Gasteiger partial charge in [0, 0.05) is 34.3 Å². The van der Waals surface area contributed by atoms with Crippen LogP contribution in [0.5, 0.6) is 0 Å². The van der Waals surface area contributed by atoms with Gasteiger partial charge in [-0.1, -0.05) is 25.6 Å². The Kier molecular flexibility index (Phi) is 4.68. The molecule has 0 spiro atoms. The van der Waals surface area contributed by atoms with Crippen LogP contribution in [-0.2, 0) is 6.42 Å². The minimum Gasteiger partial charge on any atom is -0.274 e. The maximum Gasteiger partial charge on any atom is 0.184 e. The molecule has 0 saturated carbocycles. The molecule has 6 heteroatoms. The Morgan fingerprint density at radius 1 is 1.15 bits per heavy atom. The summed E-state index contributed by atoms with van der Waals surface area (Å²) in [6.45, 7) is 4.41. The molecule has 3 heterocycles. The molecule has 0 N–H and O–H groups in total. The first-order chi connectivity index (χ1) is 12.9. The zero-order chi connectivity index (χ0) is 19.0. The zero-order valence-electron chi connectivity index (χ0n) is 15.1. The van der Waals surface area contributed by atoms with Crippen molar-refractivity contribution in [1.29, 1.82) is 0 Å². The fourth-order valence-electron chi connectivity index (χ4n) is 3.41. The lowest BCUT2D eigenvalue weighted by Crippen LogP contribution is -2.31. The number of rotatable bonds is 3. The van der Waals surface area contributed by atoms with Gasteiger partial charge in [-0.3, -0.25) is 15.0 Å². The maximum atomic E-state index is 13.9. The maximum absolute atomic E-state index is 13.9. The summed E-state index contributed by atoms with van der Waals surface area (Å²) in [6.07, 6.45) is 6.98. The predicted octanol–water partition coefficient (Wildman–Crippen LogP) is 5.18. The van der Waals surface area contributed by atoms with Crippen LogP contribution in [-0.4, -0.2) is 25.8 Å². The summed E-state index contributed by atoms with van der Waals surface area (Å²) in [7, 11) is 0. The molecule has 4 rings (SSSR count). The van der Waals surface area contributed by atoms with Gasteiger partial charge in [0.15, 0.2) is 11.6 Å². The van der Waals surface area contributed by atoms with E-state index in [2.05, 4.69) is 23.8 Å². The number of hydrogen-bond acceptors (Lipinski definition) is 4. The van der Waals surface area contributed by atoms with E-state index in [0.29, 0.717) is 5.39 Å². The van der Waals surface area contributed by atoms with E-state index in [9.17, 15) is 8.78 Å². The molecule has 0 aliphatic carbocycles. The summed E-state index contributed by atoms with van der Waals surface area (Å²) >= 11 is 1.70. The third-order valence-corrected chi connectivity index (χ3v) is 5.87. The average molecular weight is 383 g/mol. The molecule has 138 valence electrons. The van der Waals surface area contributed by atoms with Gasteiger partial charge in [-0.15, -0.1) is 0 Å². The minimum absolute atomic E-state index is 0.0256. The number of thioether (sulfide) groups is 1. The second kappa shape index (κ2) is 7.00. The van der Waals surface area contributed by atoms with Crippen LogP contribution in [0.15, 0.2) is 53.9 Å². The lowest BCUT2D eigenvalue weighted by atomic mass is 9.97. The minimum atomic E-state index is -0.909. The number of aliphatic imine (C=N–C) groups is 1. The van der Waals surface area contributed by atoms with E-state index in [-0.39, 0.29) is 16.3 Å². The van der Waals surface area contributed by atoms with Crippen LogP contribution in [0.1, 0.15) is 31.4 Å². The quantitative estimate of drug-likeness (QED) is 0.625. The monoisotopic (exact) mass is 383 g/mol. The van der Waals surface area contributed by atoms with Crippen molar-refractivity contribution >= 4 is 27.7 Å². The van der Waals surface area contributed by atoms with E-state index in [0.717, 1.165) is 29.5 Å².